The van der Waals surface area contributed by atoms with Gasteiger partial charge in [0.2, 0.25) is 0 Å². The van der Waals surface area contributed by atoms with Gasteiger partial charge in [0, 0.05) is 25.4 Å². The van der Waals surface area contributed by atoms with Crippen LogP contribution in [0, 0.1) is 0 Å². The molecule has 1 amide bonds. The number of anilines is 1. The molecule has 2 heterocycles. The van der Waals surface area contributed by atoms with Crippen LogP contribution in [-0.4, -0.2) is 46.6 Å². The van der Waals surface area contributed by atoms with Gasteiger partial charge in [-0.25, -0.2) is 9.97 Å². The molecule has 0 aliphatic heterocycles. The van der Waals surface area contributed by atoms with E-state index in [0.717, 1.165) is 16.9 Å². The molecule has 0 unspecified atom stereocenters. The first-order valence-electron chi connectivity index (χ1n) is 9.53. The molecule has 8 nitrogen and oxygen atoms in total. The van der Waals surface area contributed by atoms with Gasteiger partial charge in [0.25, 0.3) is 5.91 Å². The summed E-state index contributed by atoms with van der Waals surface area (Å²) >= 11 is 0. The van der Waals surface area contributed by atoms with E-state index in [-0.39, 0.29) is 24.8 Å². The number of carbonyl (C=O) groups excluding carboxylic acids is 2. The smallest absolute Gasteiger partial charge is 0.307 e. The zero-order valence-corrected chi connectivity index (χ0v) is 16.9. The van der Waals surface area contributed by atoms with Crippen LogP contribution in [-0.2, 0) is 23.1 Å². The van der Waals surface area contributed by atoms with Gasteiger partial charge in [-0.1, -0.05) is 6.07 Å². The highest BCUT2D eigenvalue weighted by atomic mass is 16.5. The molecule has 0 saturated carbocycles. The lowest BCUT2D eigenvalue weighted by molar-refractivity contribution is -0.142. The van der Waals surface area contributed by atoms with E-state index >= 15 is 0 Å². The number of nitrogens with one attached hydrogen (secondary N) is 1. The molecular formula is C21H25N5O3. The maximum absolute atomic E-state index is 13.3. The normalized spacial score (nSPS) is 10.9. The third kappa shape index (κ3) is 4.60. The van der Waals surface area contributed by atoms with Crippen molar-refractivity contribution in [1.29, 1.82) is 0 Å². The van der Waals surface area contributed by atoms with Crippen LogP contribution in [0.1, 0.15) is 29.5 Å². The second kappa shape index (κ2) is 9.29. The molecule has 0 aliphatic rings. The van der Waals surface area contributed by atoms with Gasteiger partial charge in [-0.3, -0.25) is 14.5 Å². The summed E-state index contributed by atoms with van der Waals surface area (Å²) in [5, 5.41) is 3.09. The van der Waals surface area contributed by atoms with Crippen molar-refractivity contribution in [2.24, 2.45) is 7.05 Å². The van der Waals surface area contributed by atoms with Gasteiger partial charge >= 0.3 is 5.97 Å². The van der Waals surface area contributed by atoms with Crippen LogP contribution < -0.4 is 10.2 Å². The highest BCUT2D eigenvalue weighted by Crippen LogP contribution is 2.20. The van der Waals surface area contributed by atoms with E-state index in [2.05, 4.69) is 15.3 Å². The van der Waals surface area contributed by atoms with Crippen LogP contribution in [0.4, 0.5) is 5.82 Å². The zero-order chi connectivity index (χ0) is 20.8. The number of carbonyl (C=O) groups is 2. The Kier molecular flexibility index (Phi) is 6.56. The molecule has 0 fully saturated rings. The molecule has 8 heteroatoms. The minimum atomic E-state index is -0.349. The number of fused-ring (bicyclic) bond motifs is 1. The number of esters is 1. The van der Waals surface area contributed by atoms with Crippen molar-refractivity contribution >= 4 is 28.7 Å². The number of aromatic nitrogens is 3. The summed E-state index contributed by atoms with van der Waals surface area (Å²) in [6, 6.07) is 10.8. The van der Waals surface area contributed by atoms with E-state index in [0.29, 0.717) is 24.5 Å². The summed E-state index contributed by atoms with van der Waals surface area (Å²) < 4.78 is 6.99. The average Bonchev–Trinajstić information content (AvgIpc) is 3.04. The van der Waals surface area contributed by atoms with Gasteiger partial charge in [0.15, 0.2) is 0 Å². The molecule has 0 bridgehead atoms. The predicted molar refractivity (Wildman–Crippen MR) is 111 cm³/mol. The number of imidazole rings is 1. The minimum Gasteiger partial charge on any atom is -0.466 e. The molecule has 152 valence electrons. The van der Waals surface area contributed by atoms with E-state index in [1.807, 2.05) is 24.7 Å². The Bertz CT molecular complexity index is 1000. The highest BCUT2D eigenvalue weighted by Gasteiger charge is 2.21. The summed E-state index contributed by atoms with van der Waals surface area (Å²) in [5.74, 6) is 0.781. The van der Waals surface area contributed by atoms with Gasteiger partial charge in [-0.2, -0.15) is 0 Å². The van der Waals surface area contributed by atoms with Crippen LogP contribution in [0.3, 0.4) is 0 Å². The molecule has 3 rings (SSSR count). The quantitative estimate of drug-likeness (QED) is 0.589. The number of hydrogen-bond donors (Lipinski definition) is 1. The molecule has 0 saturated heterocycles. The number of aryl methyl sites for hydroxylation is 1. The van der Waals surface area contributed by atoms with Gasteiger partial charge in [0.05, 0.1) is 30.6 Å². The third-order valence-electron chi connectivity index (χ3n) is 4.57. The molecule has 1 N–H and O–H groups in total. The van der Waals surface area contributed by atoms with Gasteiger partial charge in [-0.05, 0) is 44.3 Å². The molecular weight excluding hydrogens is 370 g/mol. The van der Waals surface area contributed by atoms with Crippen LogP contribution in [0.25, 0.3) is 11.0 Å². The molecule has 3 aromatic rings. The molecule has 0 atom stereocenters. The Morgan fingerprint density at radius 2 is 2.07 bits per heavy atom. The zero-order valence-electron chi connectivity index (χ0n) is 16.9. The average molecular weight is 395 g/mol. The summed E-state index contributed by atoms with van der Waals surface area (Å²) in [7, 11) is 3.81. The van der Waals surface area contributed by atoms with Crippen LogP contribution in [0.2, 0.25) is 0 Å². The van der Waals surface area contributed by atoms with Crippen LogP contribution in [0.15, 0.2) is 42.6 Å². The number of hydrogen-bond acceptors (Lipinski definition) is 6. The number of rotatable bonds is 8. The molecule has 1 aromatic carbocycles. The van der Waals surface area contributed by atoms with Gasteiger partial charge in [-0.15, -0.1) is 0 Å². The predicted octanol–water partition coefficient (Wildman–Crippen LogP) is 2.29. The van der Waals surface area contributed by atoms with Crippen molar-refractivity contribution in [3.05, 3.63) is 54.0 Å². The second-order valence-corrected chi connectivity index (χ2v) is 6.52. The number of benzene rings is 1. The van der Waals surface area contributed by atoms with E-state index in [1.54, 1.807) is 43.5 Å². The first-order chi connectivity index (χ1) is 14.0. The number of ether oxygens (including phenoxy) is 1. The standard InChI is InChI=1S/C21H25N5O3/c1-4-29-20(27)10-12-26(18-7-5-6-11-23-18)21(28)15-8-9-17-16(13-15)24-19(14-22-2)25(17)3/h5-9,11,13,22H,4,10,12,14H2,1-3H3. The van der Waals surface area contributed by atoms with E-state index in [4.69, 9.17) is 4.74 Å². The fourth-order valence-electron chi connectivity index (χ4n) is 3.12. The minimum absolute atomic E-state index is 0.0916. The Labute approximate surface area is 169 Å². The van der Waals surface area contributed by atoms with Crippen LogP contribution >= 0.6 is 0 Å². The summed E-state index contributed by atoms with van der Waals surface area (Å²) in [4.78, 5) is 35.5. The van der Waals surface area contributed by atoms with E-state index in [1.165, 1.54) is 4.90 Å². The lowest BCUT2D eigenvalue weighted by Gasteiger charge is -2.21. The Balaban J connectivity index is 1.91. The van der Waals surface area contributed by atoms with E-state index in [9.17, 15) is 9.59 Å². The fraction of sp³-hybridized carbons (Fsp3) is 0.333. The maximum Gasteiger partial charge on any atom is 0.307 e. The van der Waals surface area contributed by atoms with Crippen molar-refractivity contribution in [1.82, 2.24) is 19.9 Å². The van der Waals surface area contributed by atoms with Crippen molar-refractivity contribution in [2.45, 2.75) is 19.9 Å². The molecule has 0 radical (unpaired) electrons. The van der Waals surface area contributed by atoms with Crippen molar-refractivity contribution in [3.63, 3.8) is 0 Å². The third-order valence-corrected chi connectivity index (χ3v) is 4.57. The molecule has 0 spiro atoms. The number of nitrogens with zero attached hydrogens (tertiary/aromatic N) is 4. The molecule has 29 heavy (non-hydrogen) atoms. The summed E-state index contributed by atoms with van der Waals surface area (Å²) in [5.41, 5.74) is 2.18. The Hall–Kier alpha value is -3.26. The first kappa shape index (κ1) is 20.5. The second-order valence-electron chi connectivity index (χ2n) is 6.52. The maximum atomic E-state index is 13.3. The SMILES string of the molecule is CCOC(=O)CCN(C(=O)c1ccc2c(c1)nc(CNC)n2C)c1ccccn1. The highest BCUT2D eigenvalue weighted by molar-refractivity contribution is 6.07. The van der Waals surface area contributed by atoms with Gasteiger partial charge in [0.1, 0.15) is 11.6 Å². The molecule has 2 aromatic heterocycles. The summed E-state index contributed by atoms with van der Waals surface area (Å²) in [6.07, 6.45) is 1.71. The number of pyridine rings is 1. The fourth-order valence-corrected chi connectivity index (χ4v) is 3.12. The monoisotopic (exact) mass is 395 g/mol. The summed E-state index contributed by atoms with van der Waals surface area (Å²) in [6.45, 7) is 2.87. The largest absolute Gasteiger partial charge is 0.466 e. The van der Waals surface area contributed by atoms with E-state index < -0.39 is 0 Å². The first-order valence-corrected chi connectivity index (χ1v) is 9.53. The number of amides is 1. The van der Waals surface area contributed by atoms with Crippen molar-refractivity contribution in [2.75, 3.05) is 25.1 Å². The Morgan fingerprint density at radius 3 is 2.76 bits per heavy atom. The van der Waals surface area contributed by atoms with Crippen LogP contribution in [0.5, 0.6) is 0 Å². The lowest BCUT2D eigenvalue weighted by Crippen LogP contribution is -2.34. The van der Waals surface area contributed by atoms with Gasteiger partial charge < -0.3 is 14.6 Å². The lowest BCUT2D eigenvalue weighted by atomic mass is 10.1. The van der Waals surface area contributed by atoms with Crippen molar-refractivity contribution < 1.29 is 14.3 Å². The molecule has 0 aliphatic carbocycles. The topological polar surface area (TPSA) is 89.4 Å². The Morgan fingerprint density at radius 1 is 1.24 bits per heavy atom. The van der Waals surface area contributed by atoms with Crippen molar-refractivity contribution in [3.8, 4) is 0 Å².